The molecule has 0 amide bonds. The number of aliphatic hydroxyl groups excluding tert-OH is 2. The van der Waals surface area contributed by atoms with E-state index in [9.17, 15) is 24.4 Å². The Morgan fingerprint density at radius 1 is 1.38 bits per heavy atom. The Morgan fingerprint density at radius 2 is 2.04 bits per heavy atom. The summed E-state index contributed by atoms with van der Waals surface area (Å²) in [6.07, 6.45) is -4.58. The molecule has 0 bridgehead atoms. The lowest BCUT2D eigenvalue weighted by Crippen LogP contribution is -2.39. The fourth-order valence-corrected chi connectivity index (χ4v) is 2.64. The number of H-pyrrole nitrogens is 1. The van der Waals surface area contributed by atoms with Gasteiger partial charge in [-0.3, -0.25) is 18.9 Å². The van der Waals surface area contributed by atoms with Crippen LogP contribution in [0.4, 0.5) is 0 Å². The van der Waals surface area contributed by atoms with Crippen LogP contribution < -0.4 is 16.6 Å². The van der Waals surface area contributed by atoms with Crippen molar-refractivity contribution in [2.24, 2.45) is 0 Å². The molecule has 1 fully saturated rings. The molecule has 0 aromatic carbocycles. The smallest absolute Gasteiger partial charge is 0.387 e. The molecular weight excluding hydrogens is 349 g/mol. The Bertz CT molecular complexity index is 741. The summed E-state index contributed by atoms with van der Waals surface area (Å²) >= 11 is 0. The summed E-state index contributed by atoms with van der Waals surface area (Å²) in [5, 5.41) is 22.7. The van der Waals surface area contributed by atoms with E-state index in [1.165, 1.54) is 6.20 Å². The lowest BCUT2D eigenvalue weighted by Gasteiger charge is -2.18. The second-order valence-corrected chi connectivity index (χ2v) is 6.42. The quantitative estimate of drug-likeness (QED) is 0.283. The zero-order valence-electron chi connectivity index (χ0n) is 12.5. The van der Waals surface area contributed by atoms with Crippen LogP contribution in [0.1, 0.15) is 11.8 Å². The first-order valence-corrected chi connectivity index (χ1v) is 8.37. The topological polar surface area (TPSA) is 183 Å². The fraction of sp³-hybridized carbons (Fsp3) is 0.636. The molecule has 1 aliphatic heterocycles. The highest BCUT2D eigenvalue weighted by Gasteiger charge is 2.45. The summed E-state index contributed by atoms with van der Waals surface area (Å²) in [6, 6.07) is 0. The monoisotopic (exact) mass is 367 g/mol. The molecule has 0 spiro atoms. The summed E-state index contributed by atoms with van der Waals surface area (Å²) in [7, 11) is -3.19. The first kappa shape index (κ1) is 19.0. The van der Waals surface area contributed by atoms with Crippen LogP contribution in [0.25, 0.3) is 0 Å². The van der Waals surface area contributed by atoms with Crippen LogP contribution in [0.15, 0.2) is 15.8 Å². The van der Waals surface area contributed by atoms with Crippen LogP contribution in [-0.2, 0) is 20.4 Å². The Hall–Kier alpha value is -1.37. The fourth-order valence-electron chi connectivity index (χ4n) is 2.30. The van der Waals surface area contributed by atoms with Crippen molar-refractivity contribution >= 4 is 7.82 Å². The van der Waals surface area contributed by atoms with E-state index in [-0.39, 0.29) is 12.1 Å². The predicted molar refractivity (Wildman–Crippen MR) is 78.0 cm³/mol. The molecule has 12 nitrogen and oxygen atoms in total. The minimum absolute atomic E-state index is 0.145. The van der Waals surface area contributed by atoms with Crippen molar-refractivity contribution in [1.29, 1.82) is 0 Å². The number of nitrogens with one attached hydrogen (secondary N) is 2. The second kappa shape index (κ2) is 7.25. The average molecular weight is 367 g/mol. The van der Waals surface area contributed by atoms with Crippen molar-refractivity contribution in [2.45, 2.75) is 31.1 Å². The maximum atomic E-state index is 11.9. The summed E-state index contributed by atoms with van der Waals surface area (Å²) in [5.74, 6) is 0. The zero-order chi connectivity index (χ0) is 18.1. The maximum absolute atomic E-state index is 11.9. The van der Waals surface area contributed by atoms with Gasteiger partial charge in [-0.1, -0.05) is 0 Å². The molecule has 1 aromatic rings. The van der Waals surface area contributed by atoms with Crippen LogP contribution >= 0.6 is 7.82 Å². The number of nitrogens with zero attached hydrogens (tertiary/aromatic N) is 1. The molecule has 136 valence electrons. The van der Waals surface area contributed by atoms with Gasteiger partial charge in [-0.15, -0.1) is 0 Å². The van der Waals surface area contributed by atoms with E-state index in [4.69, 9.17) is 14.5 Å². The van der Waals surface area contributed by atoms with Gasteiger partial charge in [0.15, 0.2) is 6.23 Å². The molecule has 0 unspecified atom stereocenters. The first-order chi connectivity index (χ1) is 11.1. The zero-order valence-corrected chi connectivity index (χ0v) is 13.4. The third kappa shape index (κ3) is 4.18. The van der Waals surface area contributed by atoms with Crippen LogP contribution in [0.2, 0.25) is 0 Å². The standard InChI is InChI=1S/C11H18N3O9P/c1-12-2-5-3-14(11(18)13-9(5)17)10-8(16)7(15)6(23-10)4-22-24(19,20)21/h3,6-8,10,12,15-16H,2,4H2,1H3,(H,13,17,18)(H2,19,20,21)/t6-,7-,8-,10-/m1/s1. The van der Waals surface area contributed by atoms with E-state index in [1.54, 1.807) is 7.05 Å². The molecule has 4 atom stereocenters. The average Bonchev–Trinajstić information content (AvgIpc) is 2.75. The van der Waals surface area contributed by atoms with Crippen molar-refractivity contribution in [1.82, 2.24) is 14.9 Å². The maximum Gasteiger partial charge on any atom is 0.469 e. The van der Waals surface area contributed by atoms with E-state index in [1.807, 2.05) is 0 Å². The van der Waals surface area contributed by atoms with Crippen molar-refractivity contribution in [2.75, 3.05) is 13.7 Å². The van der Waals surface area contributed by atoms with Gasteiger partial charge in [0.1, 0.15) is 18.3 Å². The summed E-state index contributed by atoms with van der Waals surface area (Å²) in [4.78, 5) is 43.0. The number of phosphoric ester groups is 1. The molecule has 2 rings (SSSR count). The number of hydrogen-bond donors (Lipinski definition) is 6. The third-order valence-corrected chi connectivity index (χ3v) is 3.91. The van der Waals surface area contributed by atoms with Gasteiger partial charge in [0.05, 0.1) is 6.61 Å². The van der Waals surface area contributed by atoms with Gasteiger partial charge in [-0.25, -0.2) is 9.36 Å². The number of aromatic amines is 1. The van der Waals surface area contributed by atoms with Gasteiger partial charge in [-0.05, 0) is 7.05 Å². The van der Waals surface area contributed by atoms with E-state index >= 15 is 0 Å². The first-order valence-electron chi connectivity index (χ1n) is 6.84. The highest BCUT2D eigenvalue weighted by Crippen LogP contribution is 2.38. The van der Waals surface area contributed by atoms with E-state index in [0.29, 0.717) is 0 Å². The van der Waals surface area contributed by atoms with Gasteiger partial charge in [0.25, 0.3) is 5.56 Å². The van der Waals surface area contributed by atoms with Crippen molar-refractivity contribution in [3.05, 3.63) is 32.6 Å². The molecule has 0 saturated carbocycles. The van der Waals surface area contributed by atoms with Crippen LogP contribution in [0.3, 0.4) is 0 Å². The Balaban J connectivity index is 2.26. The molecule has 1 aromatic heterocycles. The van der Waals surface area contributed by atoms with Crippen LogP contribution in [-0.4, -0.2) is 61.5 Å². The number of aromatic nitrogens is 2. The van der Waals surface area contributed by atoms with Crippen molar-refractivity contribution in [3.8, 4) is 0 Å². The lowest BCUT2D eigenvalue weighted by molar-refractivity contribution is -0.0544. The van der Waals surface area contributed by atoms with Gasteiger partial charge in [0, 0.05) is 18.3 Å². The molecule has 13 heteroatoms. The van der Waals surface area contributed by atoms with E-state index in [0.717, 1.165) is 4.57 Å². The summed E-state index contributed by atoms with van der Waals surface area (Å²) in [6.45, 7) is -0.549. The Labute approximate surface area is 134 Å². The third-order valence-electron chi connectivity index (χ3n) is 3.43. The molecule has 0 radical (unpaired) electrons. The highest BCUT2D eigenvalue weighted by molar-refractivity contribution is 7.46. The Morgan fingerprint density at radius 3 is 2.62 bits per heavy atom. The van der Waals surface area contributed by atoms with E-state index in [2.05, 4.69) is 14.8 Å². The number of aliphatic hydroxyl groups is 2. The minimum Gasteiger partial charge on any atom is -0.387 e. The number of rotatable bonds is 6. The van der Waals surface area contributed by atoms with E-state index < -0.39 is 50.2 Å². The van der Waals surface area contributed by atoms with Gasteiger partial charge < -0.3 is 30.1 Å². The largest absolute Gasteiger partial charge is 0.469 e. The highest BCUT2D eigenvalue weighted by atomic mass is 31.2. The molecule has 24 heavy (non-hydrogen) atoms. The number of ether oxygens (including phenoxy) is 1. The molecule has 1 saturated heterocycles. The van der Waals surface area contributed by atoms with Crippen molar-refractivity contribution in [3.63, 3.8) is 0 Å². The van der Waals surface area contributed by atoms with Crippen molar-refractivity contribution < 1.29 is 33.8 Å². The number of hydrogen-bond acceptors (Lipinski definition) is 8. The Kier molecular flexibility index (Phi) is 5.73. The van der Waals surface area contributed by atoms with Gasteiger partial charge in [-0.2, -0.15) is 0 Å². The van der Waals surface area contributed by atoms with Gasteiger partial charge >= 0.3 is 13.5 Å². The molecular formula is C11H18N3O9P. The summed E-state index contributed by atoms with van der Waals surface area (Å²) < 4.78 is 21.1. The van der Waals surface area contributed by atoms with Crippen LogP contribution in [0.5, 0.6) is 0 Å². The SMILES string of the molecule is CNCc1cn([C@@H]2O[C@H](COP(=O)(O)O)[C@@H](O)[C@H]2O)c(=O)[nH]c1=O. The normalized spacial score (nSPS) is 27.5. The number of phosphoric acid groups is 1. The van der Waals surface area contributed by atoms with Gasteiger partial charge in [0.2, 0.25) is 0 Å². The minimum atomic E-state index is -4.79. The molecule has 1 aliphatic rings. The molecule has 0 aliphatic carbocycles. The predicted octanol–water partition coefficient (Wildman–Crippen LogP) is -3.02. The lowest BCUT2D eigenvalue weighted by atomic mass is 10.1. The molecule has 6 N–H and O–H groups in total. The second-order valence-electron chi connectivity index (χ2n) is 5.18. The molecule has 2 heterocycles. The summed E-state index contributed by atoms with van der Waals surface area (Å²) in [5.41, 5.74) is -1.29. The van der Waals surface area contributed by atoms with Crippen LogP contribution in [0, 0.1) is 0 Å².